The molecular formula is C15H17NO4. The summed E-state index contributed by atoms with van der Waals surface area (Å²) in [5.41, 5.74) is 0.983. The highest BCUT2D eigenvalue weighted by Gasteiger charge is 2.14. The highest BCUT2D eigenvalue weighted by molar-refractivity contribution is 5.87. The first kappa shape index (κ1) is 14.3. The molecule has 106 valence electrons. The van der Waals surface area contributed by atoms with Gasteiger partial charge in [0, 0.05) is 12.2 Å². The van der Waals surface area contributed by atoms with Crippen molar-refractivity contribution in [3.05, 3.63) is 42.3 Å². The SMILES string of the molecule is CCCOCCOC(=O)c1coc(-c2ccccc2)n1. The normalized spacial score (nSPS) is 10.4. The minimum Gasteiger partial charge on any atom is -0.458 e. The maximum Gasteiger partial charge on any atom is 0.360 e. The van der Waals surface area contributed by atoms with Crippen molar-refractivity contribution in [2.75, 3.05) is 19.8 Å². The molecule has 0 spiro atoms. The van der Waals surface area contributed by atoms with E-state index in [2.05, 4.69) is 4.98 Å². The highest BCUT2D eigenvalue weighted by atomic mass is 16.6. The second-order valence-corrected chi connectivity index (χ2v) is 4.15. The van der Waals surface area contributed by atoms with Crippen LogP contribution < -0.4 is 0 Å². The van der Waals surface area contributed by atoms with Gasteiger partial charge in [0.05, 0.1) is 6.61 Å². The molecule has 0 N–H and O–H groups in total. The van der Waals surface area contributed by atoms with E-state index in [4.69, 9.17) is 13.9 Å². The van der Waals surface area contributed by atoms with Gasteiger partial charge < -0.3 is 13.9 Å². The van der Waals surface area contributed by atoms with Crippen LogP contribution in [-0.4, -0.2) is 30.8 Å². The summed E-state index contributed by atoms with van der Waals surface area (Å²) in [5.74, 6) is -0.101. The third-order valence-electron chi connectivity index (χ3n) is 2.54. The number of rotatable bonds is 7. The van der Waals surface area contributed by atoms with Crippen LogP contribution in [0.5, 0.6) is 0 Å². The van der Waals surface area contributed by atoms with E-state index in [9.17, 15) is 4.79 Å². The maximum atomic E-state index is 11.7. The molecule has 0 atom stereocenters. The van der Waals surface area contributed by atoms with Crippen molar-refractivity contribution in [2.45, 2.75) is 13.3 Å². The van der Waals surface area contributed by atoms with Gasteiger partial charge in [0.15, 0.2) is 5.69 Å². The number of aromatic nitrogens is 1. The number of benzene rings is 1. The second-order valence-electron chi connectivity index (χ2n) is 4.15. The van der Waals surface area contributed by atoms with Gasteiger partial charge >= 0.3 is 5.97 Å². The van der Waals surface area contributed by atoms with Crippen molar-refractivity contribution in [1.82, 2.24) is 4.98 Å². The van der Waals surface area contributed by atoms with Gasteiger partial charge in [0.25, 0.3) is 0 Å². The van der Waals surface area contributed by atoms with Crippen molar-refractivity contribution < 1.29 is 18.7 Å². The van der Waals surface area contributed by atoms with Crippen LogP contribution in [0.3, 0.4) is 0 Å². The van der Waals surface area contributed by atoms with Crippen LogP contribution in [0.2, 0.25) is 0 Å². The summed E-state index contributed by atoms with van der Waals surface area (Å²) >= 11 is 0. The number of ether oxygens (including phenoxy) is 2. The zero-order valence-corrected chi connectivity index (χ0v) is 11.4. The Bertz CT molecular complexity index is 536. The van der Waals surface area contributed by atoms with Crippen LogP contribution in [-0.2, 0) is 9.47 Å². The van der Waals surface area contributed by atoms with Crippen molar-refractivity contribution in [1.29, 1.82) is 0 Å². The lowest BCUT2D eigenvalue weighted by Gasteiger charge is -2.03. The summed E-state index contributed by atoms with van der Waals surface area (Å²) < 4.78 is 15.5. The number of carbonyl (C=O) groups excluding carboxylic acids is 1. The number of oxazole rings is 1. The molecule has 1 aromatic heterocycles. The molecule has 1 aromatic carbocycles. The summed E-state index contributed by atoms with van der Waals surface area (Å²) in [7, 11) is 0. The van der Waals surface area contributed by atoms with Gasteiger partial charge in [0.2, 0.25) is 5.89 Å². The zero-order valence-electron chi connectivity index (χ0n) is 11.4. The largest absolute Gasteiger partial charge is 0.458 e. The minimum atomic E-state index is -0.504. The molecule has 0 bridgehead atoms. The summed E-state index contributed by atoms with van der Waals surface area (Å²) in [5, 5.41) is 0. The first-order valence-electron chi connectivity index (χ1n) is 6.57. The summed E-state index contributed by atoms with van der Waals surface area (Å²) in [6.45, 7) is 3.29. The molecule has 0 fully saturated rings. The van der Waals surface area contributed by atoms with Crippen LogP contribution in [0.25, 0.3) is 11.5 Å². The summed E-state index contributed by atoms with van der Waals surface area (Å²) in [6, 6.07) is 9.38. The molecule has 20 heavy (non-hydrogen) atoms. The molecule has 2 rings (SSSR count). The van der Waals surface area contributed by atoms with Crippen LogP contribution >= 0.6 is 0 Å². The molecule has 1 heterocycles. The highest BCUT2D eigenvalue weighted by Crippen LogP contribution is 2.18. The van der Waals surface area contributed by atoms with E-state index >= 15 is 0 Å². The molecule has 0 aliphatic rings. The quantitative estimate of drug-likeness (QED) is 0.574. The van der Waals surface area contributed by atoms with E-state index in [1.54, 1.807) is 0 Å². The monoisotopic (exact) mass is 275 g/mol. The Labute approximate surface area is 117 Å². The van der Waals surface area contributed by atoms with Gasteiger partial charge in [0.1, 0.15) is 12.9 Å². The molecule has 5 nitrogen and oxygen atoms in total. The average Bonchev–Trinajstić information content (AvgIpc) is 2.98. The maximum absolute atomic E-state index is 11.7. The number of esters is 1. The third-order valence-corrected chi connectivity index (χ3v) is 2.54. The van der Waals surface area contributed by atoms with Crippen LogP contribution in [0.1, 0.15) is 23.8 Å². The van der Waals surface area contributed by atoms with E-state index in [-0.39, 0.29) is 12.3 Å². The molecular weight excluding hydrogens is 258 g/mol. The van der Waals surface area contributed by atoms with Crippen LogP contribution in [0, 0.1) is 0 Å². The third kappa shape index (κ3) is 3.93. The van der Waals surface area contributed by atoms with E-state index < -0.39 is 5.97 Å². The molecule has 0 saturated carbocycles. The Kier molecular flexibility index (Phi) is 5.32. The molecule has 2 aromatic rings. The average molecular weight is 275 g/mol. The predicted octanol–water partition coefficient (Wildman–Crippen LogP) is 2.93. The molecule has 5 heteroatoms. The lowest BCUT2D eigenvalue weighted by atomic mass is 10.2. The second kappa shape index (κ2) is 7.45. The fraction of sp³-hybridized carbons (Fsp3) is 0.333. The fourth-order valence-electron chi connectivity index (χ4n) is 1.59. The number of hydrogen-bond acceptors (Lipinski definition) is 5. The first-order valence-corrected chi connectivity index (χ1v) is 6.57. The molecule has 0 unspecified atom stereocenters. The number of carbonyl (C=O) groups is 1. The Balaban J connectivity index is 1.87. The van der Waals surface area contributed by atoms with E-state index in [0.717, 1.165) is 12.0 Å². The zero-order chi connectivity index (χ0) is 14.2. The van der Waals surface area contributed by atoms with Gasteiger partial charge in [-0.3, -0.25) is 0 Å². The Morgan fingerprint density at radius 1 is 1.20 bits per heavy atom. The number of nitrogens with zero attached hydrogens (tertiary/aromatic N) is 1. The number of hydrogen-bond donors (Lipinski definition) is 0. The van der Waals surface area contributed by atoms with Crippen LogP contribution in [0.15, 0.2) is 41.0 Å². The fourth-order valence-corrected chi connectivity index (χ4v) is 1.59. The minimum absolute atomic E-state index is 0.166. The first-order chi connectivity index (χ1) is 9.81. The van der Waals surface area contributed by atoms with Gasteiger partial charge in [-0.2, -0.15) is 0 Å². The Morgan fingerprint density at radius 3 is 2.75 bits per heavy atom. The van der Waals surface area contributed by atoms with Crippen LogP contribution in [0.4, 0.5) is 0 Å². The Morgan fingerprint density at radius 2 is 2.00 bits per heavy atom. The topological polar surface area (TPSA) is 61.6 Å². The van der Waals surface area contributed by atoms with Gasteiger partial charge in [-0.1, -0.05) is 25.1 Å². The van der Waals surface area contributed by atoms with E-state index in [1.165, 1.54) is 6.26 Å². The summed E-state index contributed by atoms with van der Waals surface area (Å²) in [6.07, 6.45) is 2.25. The molecule has 0 aliphatic heterocycles. The van der Waals surface area contributed by atoms with Crippen molar-refractivity contribution in [3.8, 4) is 11.5 Å². The van der Waals surface area contributed by atoms with Crippen molar-refractivity contribution >= 4 is 5.97 Å². The predicted molar refractivity (Wildman–Crippen MR) is 73.3 cm³/mol. The molecule has 0 saturated heterocycles. The molecule has 0 radical (unpaired) electrons. The Hall–Kier alpha value is -2.14. The smallest absolute Gasteiger partial charge is 0.360 e. The van der Waals surface area contributed by atoms with Crippen molar-refractivity contribution in [2.24, 2.45) is 0 Å². The van der Waals surface area contributed by atoms with E-state index in [1.807, 2.05) is 37.3 Å². The van der Waals surface area contributed by atoms with Crippen molar-refractivity contribution in [3.63, 3.8) is 0 Å². The van der Waals surface area contributed by atoms with Gasteiger partial charge in [-0.15, -0.1) is 0 Å². The summed E-state index contributed by atoms with van der Waals surface area (Å²) in [4.78, 5) is 15.8. The standard InChI is InChI=1S/C15H17NO4/c1-2-8-18-9-10-19-15(17)13-11-20-14(16-13)12-6-4-3-5-7-12/h3-7,11H,2,8-10H2,1H3. The van der Waals surface area contributed by atoms with E-state index in [0.29, 0.717) is 19.1 Å². The molecule has 0 aliphatic carbocycles. The van der Waals surface area contributed by atoms with Gasteiger partial charge in [-0.25, -0.2) is 9.78 Å². The lowest BCUT2D eigenvalue weighted by Crippen LogP contribution is -2.11. The lowest BCUT2D eigenvalue weighted by molar-refractivity contribution is 0.0313. The molecule has 0 amide bonds. The van der Waals surface area contributed by atoms with Gasteiger partial charge in [-0.05, 0) is 18.6 Å².